The van der Waals surface area contributed by atoms with Gasteiger partial charge in [-0.25, -0.2) is 0 Å². The van der Waals surface area contributed by atoms with Gasteiger partial charge in [0.1, 0.15) is 18.1 Å². The van der Waals surface area contributed by atoms with Crippen molar-refractivity contribution < 1.29 is 14.0 Å². The molecule has 0 atom stereocenters. The number of piperazine rings is 1. The minimum atomic E-state index is 0.594. The van der Waals surface area contributed by atoms with Crippen molar-refractivity contribution in [2.45, 2.75) is 6.54 Å². The molecule has 0 spiro atoms. The SMILES string of the molecule is COc1ccc(-c2noc(CN3CCN(CCOc4ccc(C#N)cc4)CC3)n2)cc1. The van der Waals surface area contributed by atoms with E-state index in [9.17, 15) is 0 Å². The summed E-state index contributed by atoms with van der Waals surface area (Å²) in [4.78, 5) is 9.24. The molecule has 0 saturated carbocycles. The van der Waals surface area contributed by atoms with E-state index in [4.69, 9.17) is 19.3 Å². The van der Waals surface area contributed by atoms with Gasteiger partial charge < -0.3 is 14.0 Å². The second-order valence-corrected chi connectivity index (χ2v) is 7.34. The fourth-order valence-electron chi connectivity index (χ4n) is 3.46. The molecule has 0 radical (unpaired) electrons. The molecule has 1 fully saturated rings. The highest BCUT2D eigenvalue weighted by molar-refractivity contribution is 5.55. The standard InChI is InChI=1S/C23H25N5O3/c1-29-20-8-4-19(5-9-20)23-25-22(31-26-23)17-28-12-10-27(11-13-28)14-15-30-21-6-2-18(16-24)3-7-21/h2-9H,10-15,17H2,1H3. The van der Waals surface area contributed by atoms with E-state index in [0.717, 1.165) is 49.8 Å². The van der Waals surface area contributed by atoms with Gasteiger partial charge in [-0.3, -0.25) is 9.80 Å². The van der Waals surface area contributed by atoms with E-state index in [0.29, 0.717) is 30.4 Å². The molecule has 2 aromatic carbocycles. The molecule has 1 aromatic heterocycles. The van der Waals surface area contributed by atoms with Crippen molar-refractivity contribution in [3.63, 3.8) is 0 Å². The topological polar surface area (TPSA) is 87.7 Å². The van der Waals surface area contributed by atoms with Crippen LogP contribution in [0.5, 0.6) is 11.5 Å². The van der Waals surface area contributed by atoms with E-state index in [1.807, 2.05) is 36.4 Å². The maximum Gasteiger partial charge on any atom is 0.241 e. The van der Waals surface area contributed by atoms with Gasteiger partial charge in [0.2, 0.25) is 11.7 Å². The normalized spacial score (nSPS) is 14.8. The Balaban J connectivity index is 1.19. The first-order valence-corrected chi connectivity index (χ1v) is 10.3. The van der Waals surface area contributed by atoms with E-state index in [-0.39, 0.29) is 0 Å². The minimum Gasteiger partial charge on any atom is -0.497 e. The molecule has 0 unspecified atom stereocenters. The summed E-state index contributed by atoms with van der Waals surface area (Å²) in [6, 6.07) is 16.9. The van der Waals surface area contributed by atoms with Crippen LogP contribution in [0.15, 0.2) is 53.1 Å². The molecule has 1 aliphatic rings. The highest BCUT2D eigenvalue weighted by Crippen LogP contribution is 2.20. The summed E-state index contributed by atoms with van der Waals surface area (Å²) in [5.74, 6) is 2.81. The Morgan fingerprint density at radius 2 is 1.65 bits per heavy atom. The first kappa shape index (κ1) is 20.8. The van der Waals surface area contributed by atoms with Crippen LogP contribution >= 0.6 is 0 Å². The number of hydrogen-bond acceptors (Lipinski definition) is 8. The molecule has 31 heavy (non-hydrogen) atoms. The van der Waals surface area contributed by atoms with Crippen LogP contribution in [0.1, 0.15) is 11.5 Å². The van der Waals surface area contributed by atoms with Crippen LogP contribution in [-0.2, 0) is 6.54 Å². The average Bonchev–Trinajstić information content (AvgIpc) is 3.29. The molecule has 1 saturated heterocycles. The third-order valence-electron chi connectivity index (χ3n) is 5.30. The Morgan fingerprint density at radius 1 is 0.968 bits per heavy atom. The summed E-state index contributed by atoms with van der Waals surface area (Å²) in [7, 11) is 1.64. The number of hydrogen-bond donors (Lipinski definition) is 0. The van der Waals surface area contributed by atoms with E-state index in [2.05, 4.69) is 26.0 Å². The highest BCUT2D eigenvalue weighted by Gasteiger charge is 2.19. The fraction of sp³-hybridized carbons (Fsp3) is 0.348. The number of rotatable bonds is 8. The molecule has 3 aromatic rings. The molecule has 0 N–H and O–H groups in total. The number of methoxy groups -OCH3 is 1. The highest BCUT2D eigenvalue weighted by atomic mass is 16.5. The summed E-state index contributed by atoms with van der Waals surface area (Å²) < 4.78 is 16.4. The van der Waals surface area contributed by atoms with Crippen molar-refractivity contribution in [3.05, 3.63) is 60.0 Å². The lowest BCUT2D eigenvalue weighted by Gasteiger charge is -2.33. The van der Waals surface area contributed by atoms with Gasteiger partial charge in [0.15, 0.2) is 0 Å². The molecule has 0 aliphatic carbocycles. The van der Waals surface area contributed by atoms with Crippen LogP contribution in [0.4, 0.5) is 0 Å². The smallest absolute Gasteiger partial charge is 0.241 e. The Labute approximate surface area is 181 Å². The molecule has 2 heterocycles. The van der Waals surface area contributed by atoms with Crippen LogP contribution in [0, 0.1) is 11.3 Å². The zero-order chi connectivity index (χ0) is 21.5. The zero-order valence-electron chi connectivity index (χ0n) is 17.5. The van der Waals surface area contributed by atoms with Crippen LogP contribution in [0.25, 0.3) is 11.4 Å². The van der Waals surface area contributed by atoms with E-state index in [1.54, 1.807) is 19.2 Å². The first-order valence-electron chi connectivity index (χ1n) is 10.3. The number of ether oxygens (including phenoxy) is 2. The van der Waals surface area contributed by atoms with Gasteiger partial charge in [0.25, 0.3) is 0 Å². The Morgan fingerprint density at radius 3 is 2.32 bits per heavy atom. The number of aromatic nitrogens is 2. The van der Waals surface area contributed by atoms with Crippen molar-refractivity contribution >= 4 is 0 Å². The van der Waals surface area contributed by atoms with Crippen LogP contribution in [0.2, 0.25) is 0 Å². The maximum atomic E-state index is 8.84. The van der Waals surface area contributed by atoms with Crippen molar-refractivity contribution in [3.8, 4) is 29.0 Å². The quantitative estimate of drug-likeness (QED) is 0.551. The summed E-state index contributed by atoms with van der Waals surface area (Å²) >= 11 is 0. The second-order valence-electron chi connectivity index (χ2n) is 7.34. The molecule has 4 rings (SSSR count). The number of benzene rings is 2. The van der Waals surface area contributed by atoms with Crippen molar-refractivity contribution in [2.24, 2.45) is 0 Å². The molecular formula is C23H25N5O3. The maximum absolute atomic E-state index is 8.84. The van der Waals surface area contributed by atoms with Crippen LogP contribution < -0.4 is 9.47 Å². The van der Waals surface area contributed by atoms with Gasteiger partial charge in [0.05, 0.1) is 25.3 Å². The van der Waals surface area contributed by atoms with Gasteiger partial charge >= 0.3 is 0 Å². The summed E-state index contributed by atoms with van der Waals surface area (Å²) in [5, 5.41) is 12.9. The fourth-order valence-corrected chi connectivity index (χ4v) is 3.46. The van der Waals surface area contributed by atoms with E-state index >= 15 is 0 Å². The lowest BCUT2D eigenvalue weighted by atomic mass is 10.2. The van der Waals surface area contributed by atoms with Gasteiger partial charge in [0, 0.05) is 38.3 Å². The zero-order valence-corrected chi connectivity index (χ0v) is 17.5. The molecule has 0 amide bonds. The predicted octanol–water partition coefficient (Wildman–Crippen LogP) is 2.81. The molecule has 8 nitrogen and oxygen atoms in total. The molecule has 160 valence electrons. The van der Waals surface area contributed by atoms with Crippen LogP contribution in [0.3, 0.4) is 0 Å². The van der Waals surface area contributed by atoms with Gasteiger partial charge in [-0.05, 0) is 48.5 Å². The molecule has 8 heteroatoms. The third-order valence-corrected chi connectivity index (χ3v) is 5.30. The minimum absolute atomic E-state index is 0.594. The van der Waals surface area contributed by atoms with E-state index < -0.39 is 0 Å². The summed E-state index contributed by atoms with van der Waals surface area (Å²) in [6.07, 6.45) is 0. The lowest BCUT2D eigenvalue weighted by Crippen LogP contribution is -2.47. The van der Waals surface area contributed by atoms with Crippen molar-refractivity contribution in [1.29, 1.82) is 5.26 Å². The number of nitrogens with zero attached hydrogens (tertiary/aromatic N) is 5. The Bertz CT molecular complexity index is 1000. The van der Waals surface area contributed by atoms with Gasteiger partial charge in [-0.15, -0.1) is 0 Å². The van der Waals surface area contributed by atoms with Gasteiger partial charge in [-0.2, -0.15) is 10.2 Å². The Kier molecular flexibility index (Phi) is 6.77. The van der Waals surface area contributed by atoms with Crippen LogP contribution in [-0.4, -0.2) is 66.4 Å². The van der Waals surface area contributed by atoms with Crippen molar-refractivity contribution in [1.82, 2.24) is 19.9 Å². The third kappa shape index (κ3) is 5.60. The van der Waals surface area contributed by atoms with E-state index in [1.165, 1.54) is 0 Å². The largest absolute Gasteiger partial charge is 0.497 e. The monoisotopic (exact) mass is 419 g/mol. The second kappa shape index (κ2) is 10.1. The first-order chi connectivity index (χ1) is 15.2. The molecular weight excluding hydrogens is 394 g/mol. The predicted molar refractivity (Wildman–Crippen MR) is 115 cm³/mol. The summed E-state index contributed by atoms with van der Waals surface area (Å²) in [6.45, 7) is 5.97. The molecule has 0 bridgehead atoms. The lowest BCUT2D eigenvalue weighted by molar-refractivity contribution is 0.104. The Hall–Kier alpha value is -3.41. The molecule has 1 aliphatic heterocycles. The average molecular weight is 419 g/mol. The van der Waals surface area contributed by atoms with Gasteiger partial charge in [-0.1, -0.05) is 5.16 Å². The van der Waals surface area contributed by atoms with Crippen molar-refractivity contribution in [2.75, 3.05) is 46.4 Å². The summed E-state index contributed by atoms with van der Waals surface area (Å²) in [5.41, 5.74) is 1.55. The number of nitriles is 1.